The number of hydrogen-bond donors (Lipinski definition) is 2. The van der Waals surface area contributed by atoms with Crippen molar-refractivity contribution in [3.05, 3.63) is 70.8 Å². The first kappa shape index (κ1) is 18.5. The van der Waals surface area contributed by atoms with Gasteiger partial charge in [0, 0.05) is 13.1 Å². The number of aliphatic hydroxyl groups is 1. The SMILES string of the molecule is CCN(CC(O)c1ccc(C)cc1)C(=O)NCc1cccc(C#N)c1. The van der Waals surface area contributed by atoms with Crippen molar-refractivity contribution in [2.75, 3.05) is 13.1 Å². The van der Waals surface area contributed by atoms with Gasteiger partial charge in [-0.1, -0.05) is 42.0 Å². The van der Waals surface area contributed by atoms with Crippen molar-refractivity contribution in [2.24, 2.45) is 0 Å². The lowest BCUT2D eigenvalue weighted by Crippen LogP contribution is -2.41. The highest BCUT2D eigenvalue weighted by molar-refractivity contribution is 5.74. The van der Waals surface area contributed by atoms with Crippen LogP contribution in [0.15, 0.2) is 48.5 Å². The predicted molar refractivity (Wildman–Crippen MR) is 96.8 cm³/mol. The summed E-state index contributed by atoms with van der Waals surface area (Å²) in [5.41, 5.74) is 3.34. The molecule has 0 saturated carbocycles. The summed E-state index contributed by atoms with van der Waals surface area (Å²) in [6.45, 7) is 4.92. The smallest absolute Gasteiger partial charge is 0.317 e. The number of benzene rings is 2. The van der Waals surface area contributed by atoms with Crippen LogP contribution in [0.4, 0.5) is 4.79 Å². The molecule has 0 spiro atoms. The number of likely N-dealkylation sites (N-methyl/N-ethyl adjacent to an activating group) is 1. The minimum atomic E-state index is -0.729. The van der Waals surface area contributed by atoms with Crippen LogP contribution < -0.4 is 5.32 Å². The van der Waals surface area contributed by atoms with E-state index in [0.717, 1.165) is 16.7 Å². The van der Waals surface area contributed by atoms with E-state index in [0.29, 0.717) is 18.7 Å². The van der Waals surface area contributed by atoms with Crippen molar-refractivity contribution in [1.82, 2.24) is 10.2 Å². The zero-order valence-corrected chi connectivity index (χ0v) is 14.6. The summed E-state index contributed by atoms with van der Waals surface area (Å²) in [5, 5.41) is 22.1. The molecule has 25 heavy (non-hydrogen) atoms. The molecule has 130 valence electrons. The zero-order chi connectivity index (χ0) is 18.2. The fourth-order valence-corrected chi connectivity index (χ4v) is 2.50. The number of nitrogens with zero attached hydrogens (tertiary/aromatic N) is 2. The molecule has 2 aromatic rings. The van der Waals surface area contributed by atoms with E-state index in [9.17, 15) is 9.90 Å². The lowest BCUT2D eigenvalue weighted by atomic mass is 10.1. The molecule has 0 aliphatic rings. The highest BCUT2D eigenvalue weighted by Gasteiger charge is 2.17. The second kappa shape index (κ2) is 8.86. The molecular weight excluding hydrogens is 314 g/mol. The molecule has 5 nitrogen and oxygen atoms in total. The van der Waals surface area contributed by atoms with Crippen LogP contribution in [0.5, 0.6) is 0 Å². The molecule has 2 rings (SSSR count). The van der Waals surface area contributed by atoms with Gasteiger partial charge in [-0.3, -0.25) is 0 Å². The fraction of sp³-hybridized carbons (Fsp3) is 0.300. The Hall–Kier alpha value is -2.84. The molecule has 1 atom stereocenters. The van der Waals surface area contributed by atoms with Crippen LogP contribution in [0.2, 0.25) is 0 Å². The van der Waals surface area contributed by atoms with Gasteiger partial charge in [0.2, 0.25) is 0 Å². The number of carbonyl (C=O) groups excluding carboxylic acids is 1. The number of nitriles is 1. The Morgan fingerprint density at radius 3 is 2.64 bits per heavy atom. The molecule has 2 N–H and O–H groups in total. The van der Waals surface area contributed by atoms with Crippen molar-refractivity contribution < 1.29 is 9.90 Å². The first-order valence-electron chi connectivity index (χ1n) is 8.30. The normalized spacial score (nSPS) is 11.4. The quantitative estimate of drug-likeness (QED) is 0.850. The molecular formula is C20H23N3O2. The van der Waals surface area contributed by atoms with Crippen LogP contribution in [0.25, 0.3) is 0 Å². The van der Waals surface area contributed by atoms with Crippen LogP contribution in [0.1, 0.15) is 35.3 Å². The lowest BCUT2D eigenvalue weighted by molar-refractivity contribution is 0.123. The van der Waals surface area contributed by atoms with Crippen LogP contribution in [-0.4, -0.2) is 29.1 Å². The summed E-state index contributed by atoms with van der Waals surface area (Å²) in [5.74, 6) is 0. The predicted octanol–water partition coefficient (Wildman–Crippen LogP) is 3.13. The molecule has 0 heterocycles. The molecule has 2 amide bonds. The summed E-state index contributed by atoms with van der Waals surface area (Å²) in [6, 6.07) is 16.6. The number of urea groups is 1. The second-order valence-corrected chi connectivity index (χ2v) is 5.94. The van der Waals surface area contributed by atoms with Gasteiger partial charge in [-0.25, -0.2) is 4.79 Å². The summed E-state index contributed by atoms with van der Waals surface area (Å²) in [4.78, 5) is 13.9. The highest BCUT2D eigenvalue weighted by Crippen LogP contribution is 2.15. The molecule has 0 bridgehead atoms. The van der Waals surface area contributed by atoms with Crippen molar-refractivity contribution in [2.45, 2.75) is 26.5 Å². The molecule has 0 radical (unpaired) electrons. The maximum atomic E-state index is 12.4. The summed E-state index contributed by atoms with van der Waals surface area (Å²) < 4.78 is 0. The second-order valence-electron chi connectivity index (χ2n) is 5.94. The van der Waals surface area contributed by atoms with E-state index in [4.69, 9.17) is 5.26 Å². The number of aliphatic hydroxyl groups excluding tert-OH is 1. The average Bonchev–Trinajstić information content (AvgIpc) is 2.64. The van der Waals surface area contributed by atoms with Crippen LogP contribution in [-0.2, 0) is 6.54 Å². The molecule has 0 aromatic heterocycles. The Labute approximate surface area is 148 Å². The largest absolute Gasteiger partial charge is 0.387 e. The standard InChI is InChI=1S/C20H23N3O2/c1-3-23(14-19(24)18-9-7-15(2)8-10-18)20(25)22-13-17-6-4-5-16(11-17)12-21/h4-11,19,24H,3,13-14H2,1-2H3,(H,22,25). The number of rotatable bonds is 6. The molecule has 0 saturated heterocycles. The maximum Gasteiger partial charge on any atom is 0.317 e. The molecule has 0 aliphatic carbocycles. The summed E-state index contributed by atoms with van der Waals surface area (Å²) in [6.07, 6.45) is -0.729. The van der Waals surface area contributed by atoms with E-state index in [-0.39, 0.29) is 12.6 Å². The maximum absolute atomic E-state index is 12.4. The first-order valence-corrected chi connectivity index (χ1v) is 8.30. The fourth-order valence-electron chi connectivity index (χ4n) is 2.50. The van der Waals surface area contributed by atoms with Crippen molar-refractivity contribution in [1.29, 1.82) is 5.26 Å². The molecule has 0 fully saturated rings. The van der Waals surface area contributed by atoms with Gasteiger partial charge < -0.3 is 15.3 Å². The number of aryl methyl sites for hydroxylation is 1. The molecule has 5 heteroatoms. The Balaban J connectivity index is 1.93. The van der Waals surface area contributed by atoms with Gasteiger partial charge in [0.15, 0.2) is 0 Å². The van der Waals surface area contributed by atoms with Gasteiger partial charge in [0.05, 0.1) is 24.3 Å². The van der Waals surface area contributed by atoms with Gasteiger partial charge >= 0.3 is 6.03 Å². The number of hydrogen-bond acceptors (Lipinski definition) is 3. The van der Waals surface area contributed by atoms with Gasteiger partial charge in [0.1, 0.15) is 0 Å². The van der Waals surface area contributed by atoms with Crippen LogP contribution >= 0.6 is 0 Å². The van der Waals surface area contributed by atoms with E-state index in [2.05, 4.69) is 11.4 Å². The van der Waals surface area contributed by atoms with Gasteiger partial charge in [-0.05, 0) is 37.1 Å². The molecule has 0 aliphatic heterocycles. The number of carbonyl (C=O) groups is 1. The zero-order valence-electron chi connectivity index (χ0n) is 14.6. The van der Waals surface area contributed by atoms with E-state index in [1.165, 1.54) is 0 Å². The van der Waals surface area contributed by atoms with Gasteiger partial charge in [0.25, 0.3) is 0 Å². The minimum absolute atomic E-state index is 0.226. The van der Waals surface area contributed by atoms with Crippen LogP contribution in [0.3, 0.4) is 0 Å². The third-order valence-corrected chi connectivity index (χ3v) is 4.02. The molecule has 1 unspecified atom stereocenters. The Bertz CT molecular complexity index is 750. The van der Waals surface area contributed by atoms with E-state index >= 15 is 0 Å². The monoisotopic (exact) mass is 337 g/mol. The highest BCUT2D eigenvalue weighted by atomic mass is 16.3. The Kier molecular flexibility index (Phi) is 6.55. The van der Waals surface area contributed by atoms with Gasteiger partial charge in [-0.2, -0.15) is 5.26 Å². The topological polar surface area (TPSA) is 76.4 Å². The summed E-state index contributed by atoms with van der Waals surface area (Å²) in [7, 11) is 0. The average molecular weight is 337 g/mol. The van der Waals surface area contributed by atoms with E-state index < -0.39 is 6.10 Å². The minimum Gasteiger partial charge on any atom is -0.387 e. The van der Waals surface area contributed by atoms with E-state index in [1.54, 1.807) is 23.1 Å². The van der Waals surface area contributed by atoms with Crippen LogP contribution in [0, 0.1) is 18.3 Å². The van der Waals surface area contributed by atoms with E-state index in [1.807, 2.05) is 44.2 Å². The van der Waals surface area contributed by atoms with Crippen molar-refractivity contribution >= 4 is 6.03 Å². The van der Waals surface area contributed by atoms with Gasteiger partial charge in [-0.15, -0.1) is 0 Å². The third-order valence-electron chi connectivity index (χ3n) is 4.02. The van der Waals surface area contributed by atoms with Crippen molar-refractivity contribution in [3.63, 3.8) is 0 Å². The lowest BCUT2D eigenvalue weighted by Gasteiger charge is -2.24. The third kappa shape index (κ3) is 5.33. The molecule has 2 aromatic carbocycles. The first-order chi connectivity index (χ1) is 12.0. The Morgan fingerprint density at radius 1 is 1.28 bits per heavy atom. The summed E-state index contributed by atoms with van der Waals surface area (Å²) >= 11 is 0. The number of nitrogens with one attached hydrogen (secondary N) is 1. The number of amides is 2. The Morgan fingerprint density at radius 2 is 2.00 bits per heavy atom. The van der Waals surface area contributed by atoms with Crippen molar-refractivity contribution in [3.8, 4) is 6.07 Å².